The molecule has 0 aliphatic rings. The number of hydrogen-bond donors (Lipinski definition) is 2. The molecule has 29 heavy (non-hydrogen) atoms. The number of nitrogens with one attached hydrogen (secondary N) is 2. The Hall–Kier alpha value is -3.73. The van der Waals surface area contributed by atoms with Gasteiger partial charge in [0.2, 0.25) is 5.91 Å². The number of benzene rings is 3. The van der Waals surface area contributed by atoms with E-state index in [0.717, 1.165) is 22.2 Å². The third-order valence-electron chi connectivity index (χ3n) is 4.55. The fourth-order valence-corrected chi connectivity index (χ4v) is 3.20. The van der Waals surface area contributed by atoms with E-state index in [9.17, 15) is 4.79 Å². The van der Waals surface area contributed by atoms with Crippen molar-refractivity contribution in [3.8, 4) is 17.2 Å². The van der Waals surface area contributed by atoms with Crippen molar-refractivity contribution in [1.29, 1.82) is 0 Å². The Morgan fingerprint density at radius 1 is 0.931 bits per heavy atom. The van der Waals surface area contributed by atoms with Crippen LogP contribution in [0.15, 0.2) is 79.0 Å². The summed E-state index contributed by atoms with van der Waals surface area (Å²) in [5, 5.41) is 4.02. The van der Waals surface area contributed by atoms with Crippen LogP contribution in [0.5, 0.6) is 17.2 Å². The number of anilines is 1. The van der Waals surface area contributed by atoms with Crippen LogP contribution < -0.4 is 14.8 Å². The Morgan fingerprint density at radius 2 is 1.66 bits per heavy atom. The van der Waals surface area contributed by atoms with Crippen molar-refractivity contribution in [3.63, 3.8) is 0 Å². The van der Waals surface area contributed by atoms with Crippen molar-refractivity contribution in [3.05, 3.63) is 84.6 Å². The van der Waals surface area contributed by atoms with Gasteiger partial charge in [0.1, 0.15) is 11.5 Å². The fourth-order valence-electron chi connectivity index (χ4n) is 3.20. The highest BCUT2D eigenvalue weighted by atomic mass is 16.5. The third-order valence-corrected chi connectivity index (χ3v) is 4.55. The molecule has 0 fully saturated rings. The lowest BCUT2D eigenvalue weighted by atomic mass is 10.1. The number of amides is 1. The molecule has 0 radical (unpaired) electrons. The van der Waals surface area contributed by atoms with Crippen molar-refractivity contribution in [1.82, 2.24) is 4.98 Å². The molecule has 0 aliphatic heterocycles. The number of H-pyrrole nitrogens is 1. The van der Waals surface area contributed by atoms with Crippen molar-refractivity contribution in [2.24, 2.45) is 0 Å². The summed E-state index contributed by atoms with van der Waals surface area (Å²) in [6.45, 7) is 2.56. The molecule has 4 aromatic rings. The molecule has 1 amide bonds. The average Bonchev–Trinajstić information content (AvgIpc) is 3.14. The molecule has 146 valence electrons. The maximum Gasteiger partial charge on any atom is 0.228 e. The predicted molar refractivity (Wildman–Crippen MR) is 115 cm³/mol. The predicted octanol–water partition coefficient (Wildman–Crippen LogP) is 5.54. The zero-order valence-electron chi connectivity index (χ0n) is 16.1. The van der Waals surface area contributed by atoms with Gasteiger partial charge < -0.3 is 19.8 Å². The molecule has 5 nitrogen and oxygen atoms in total. The zero-order valence-corrected chi connectivity index (χ0v) is 16.1. The maximum atomic E-state index is 12.6. The van der Waals surface area contributed by atoms with Crippen LogP contribution in [-0.2, 0) is 11.2 Å². The molecule has 0 aliphatic carbocycles. The highest BCUT2D eigenvalue weighted by Crippen LogP contribution is 2.30. The lowest BCUT2D eigenvalue weighted by Gasteiger charge is -2.12. The molecule has 3 aromatic carbocycles. The van der Waals surface area contributed by atoms with Crippen molar-refractivity contribution in [2.75, 3.05) is 11.9 Å². The average molecular weight is 386 g/mol. The molecular formula is C24H22N2O3. The van der Waals surface area contributed by atoms with E-state index in [1.807, 2.05) is 85.9 Å². The largest absolute Gasteiger partial charge is 0.494 e. The number of rotatable bonds is 7. The molecule has 0 unspecified atom stereocenters. The monoisotopic (exact) mass is 386 g/mol. The summed E-state index contributed by atoms with van der Waals surface area (Å²) in [7, 11) is 0. The van der Waals surface area contributed by atoms with E-state index in [2.05, 4.69) is 10.3 Å². The number of hydrogen-bond acceptors (Lipinski definition) is 3. The number of carbonyl (C=O) groups excluding carboxylic acids is 1. The minimum Gasteiger partial charge on any atom is -0.494 e. The van der Waals surface area contributed by atoms with E-state index in [1.54, 1.807) is 0 Å². The molecule has 0 spiro atoms. The Labute approximate surface area is 169 Å². The summed E-state index contributed by atoms with van der Waals surface area (Å²) < 4.78 is 11.4. The second-order valence-electron chi connectivity index (χ2n) is 6.59. The van der Waals surface area contributed by atoms with Gasteiger partial charge in [-0.25, -0.2) is 0 Å². The third kappa shape index (κ3) is 4.41. The molecule has 5 heteroatoms. The first-order chi connectivity index (χ1) is 14.2. The van der Waals surface area contributed by atoms with Gasteiger partial charge in [0.15, 0.2) is 5.75 Å². The highest BCUT2D eigenvalue weighted by molar-refractivity contribution is 5.96. The lowest BCUT2D eigenvalue weighted by molar-refractivity contribution is -0.115. The Kier molecular flexibility index (Phi) is 5.47. The van der Waals surface area contributed by atoms with Gasteiger partial charge in [-0.05, 0) is 55.0 Å². The van der Waals surface area contributed by atoms with Gasteiger partial charge in [0.05, 0.1) is 18.7 Å². The Bertz CT molecular complexity index is 1120. The summed E-state index contributed by atoms with van der Waals surface area (Å²) in [6, 6.07) is 22.8. The van der Waals surface area contributed by atoms with Crippen molar-refractivity contribution in [2.45, 2.75) is 13.3 Å². The topological polar surface area (TPSA) is 63.4 Å². The van der Waals surface area contributed by atoms with Gasteiger partial charge in [0, 0.05) is 17.1 Å². The first-order valence-electron chi connectivity index (χ1n) is 9.57. The van der Waals surface area contributed by atoms with Gasteiger partial charge in [-0.3, -0.25) is 4.79 Å². The first kappa shape index (κ1) is 18.6. The first-order valence-corrected chi connectivity index (χ1v) is 9.57. The minimum absolute atomic E-state index is 0.0995. The van der Waals surface area contributed by atoms with Crippen molar-refractivity contribution >= 4 is 22.5 Å². The maximum absolute atomic E-state index is 12.6. The number of ether oxygens (including phenoxy) is 2. The standard InChI is InChI=1S/C24H22N2O3/c1-2-28-18-11-13-19(14-12-18)29-23-10-6-5-9-22(23)26-24(27)15-17-16-25-21-8-4-3-7-20(17)21/h3-14,16,25H,2,15H2,1H3,(H,26,27). The molecule has 4 rings (SSSR count). The van der Waals surface area contributed by atoms with Crippen LogP contribution in [0.4, 0.5) is 5.69 Å². The van der Waals surface area contributed by atoms with E-state index < -0.39 is 0 Å². The summed E-state index contributed by atoms with van der Waals surface area (Å²) in [4.78, 5) is 15.8. The smallest absolute Gasteiger partial charge is 0.228 e. The lowest BCUT2D eigenvalue weighted by Crippen LogP contribution is -2.14. The molecule has 1 heterocycles. The van der Waals surface area contributed by atoms with E-state index in [4.69, 9.17) is 9.47 Å². The number of fused-ring (bicyclic) bond motifs is 1. The fraction of sp³-hybridized carbons (Fsp3) is 0.125. The molecule has 0 bridgehead atoms. The van der Waals surface area contributed by atoms with Gasteiger partial charge in [-0.1, -0.05) is 30.3 Å². The summed E-state index contributed by atoms with van der Waals surface area (Å²) in [5.41, 5.74) is 2.61. The van der Waals surface area contributed by atoms with Gasteiger partial charge in [-0.15, -0.1) is 0 Å². The van der Waals surface area contributed by atoms with E-state index in [0.29, 0.717) is 23.8 Å². The van der Waals surface area contributed by atoms with Gasteiger partial charge >= 0.3 is 0 Å². The normalized spacial score (nSPS) is 10.7. The van der Waals surface area contributed by atoms with Crippen LogP contribution >= 0.6 is 0 Å². The number of para-hydroxylation sites is 3. The van der Waals surface area contributed by atoms with E-state index >= 15 is 0 Å². The van der Waals surface area contributed by atoms with Crippen LogP contribution in [0.3, 0.4) is 0 Å². The molecule has 0 saturated carbocycles. The molecule has 0 saturated heterocycles. The zero-order chi connectivity index (χ0) is 20.1. The van der Waals surface area contributed by atoms with Crippen molar-refractivity contribution < 1.29 is 14.3 Å². The van der Waals surface area contributed by atoms with E-state index in [1.165, 1.54) is 0 Å². The van der Waals surface area contributed by atoms with Crippen LogP contribution in [0.2, 0.25) is 0 Å². The molecule has 1 aromatic heterocycles. The number of aromatic amines is 1. The Morgan fingerprint density at radius 3 is 2.48 bits per heavy atom. The molecule has 2 N–H and O–H groups in total. The second-order valence-corrected chi connectivity index (χ2v) is 6.59. The molecular weight excluding hydrogens is 364 g/mol. The highest BCUT2D eigenvalue weighted by Gasteiger charge is 2.12. The van der Waals surface area contributed by atoms with Crippen LogP contribution in [-0.4, -0.2) is 17.5 Å². The summed E-state index contributed by atoms with van der Waals surface area (Å²) >= 11 is 0. The molecule has 0 atom stereocenters. The van der Waals surface area contributed by atoms with E-state index in [-0.39, 0.29) is 12.3 Å². The SMILES string of the molecule is CCOc1ccc(Oc2ccccc2NC(=O)Cc2c[nH]c3ccccc23)cc1. The van der Waals surface area contributed by atoms with Gasteiger partial charge in [-0.2, -0.15) is 0 Å². The van der Waals surface area contributed by atoms with Crippen LogP contribution in [0.25, 0.3) is 10.9 Å². The van der Waals surface area contributed by atoms with Crippen LogP contribution in [0.1, 0.15) is 12.5 Å². The second kappa shape index (κ2) is 8.52. The number of carbonyl (C=O) groups is 1. The van der Waals surface area contributed by atoms with Crippen LogP contribution in [0, 0.1) is 0 Å². The minimum atomic E-state index is -0.0995. The summed E-state index contributed by atoms with van der Waals surface area (Å²) in [6.07, 6.45) is 2.16. The quantitative estimate of drug-likeness (QED) is 0.438. The number of aromatic nitrogens is 1. The Balaban J connectivity index is 1.47. The summed E-state index contributed by atoms with van der Waals surface area (Å²) in [5.74, 6) is 1.95. The van der Waals surface area contributed by atoms with Gasteiger partial charge in [0.25, 0.3) is 0 Å².